The molecule has 1 atom stereocenters. The number of hydrogen-bond donors (Lipinski definition) is 1. The third kappa shape index (κ3) is 5.93. The summed E-state index contributed by atoms with van der Waals surface area (Å²) in [6.07, 6.45) is 5.29. The second kappa shape index (κ2) is 10.2. The van der Waals surface area contributed by atoms with Gasteiger partial charge in [-0.15, -0.1) is 0 Å². The normalized spacial score (nSPS) is 15.1. The number of carbonyl (C=O) groups excluding carboxylic acids is 2. The predicted molar refractivity (Wildman–Crippen MR) is 116 cm³/mol. The van der Waals surface area contributed by atoms with Gasteiger partial charge < -0.3 is 10.2 Å². The predicted octanol–water partition coefficient (Wildman–Crippen LogP) is 4.40. The Labute approximate surface area is 174 Å². The van der Waals surface area contributed by atoms with Crippen molar-refractivity contribution in [3.63, 3.8) is 0 Å². The van der Waals surface area contributed by atoms with E-state index < -0.39 is 6.04 Å². The molecule has 0 aliphatic heterocycles. The Morgan fingerprint density at radius 2 is 1.66 bits per heavy atom. The number of nitrogens with zero attached hydrogens (tertiary/aromatic N) is 1. The van der Waals surface area contributed by atoms with E-state index in [0.29, 0.717) is 19.4 Å². The van der Waals surface area contributed by atoms with Gasteiger partial charge in [-0.25, -0.2) is 0 Å². The molecule has 0 radical (unpaired) electrons. The first-order valence-electron chi connectivity index (χ1n) is 10.8. The maximum Gasteiger partial charge on any atom is 0.243 e. The van der Waals surface area contributed by atoms with Crippen LogP contribution in [0.4, 0.5) is 0 Å². The number of nitrogens with one attached hydrogen (secondary N) is 1. The zero-order valence-electron chi connectivity index (χ0n) is 17.6. The molecule has 154 valence electrons. The molecule has 0 unspecified atom stereocenters. The van der Waals surface area contributed by atoms with Crippen LogP contribution in [0.3, 0.4) is 0 Å². The second-order valence-electron chi connectivity index (χ2n) is 8.06. The zero-order chi connectivity index (χ0) is 20.6. The summed E-state index contributed by atoms with van der Waals surface area (Å²) in [4.78, 5) is 28.0. The topological polar surface area (TPSA) is 49.4 Å². The molecule has 0 saturated heterocycles. The number of amides is 2. The maximum atomic E-state index is 13.3. The fraction of sp³-hybridized carbons (Fsp3) is 0.440. The lowest BCUT2D eigenvalue weighted by atomic mass is 10.0. The van der Waals surface area contributed by atoms with Gasteiger partial charge in [0, 0.05) is 25.4 Å². The number of hydrogen-bond acceptors (Lipinski definition) is 2. The molecule has 2 aromatic rings. The molecule has 1 saturated carbocycles. The Hall–Kier alpha value is -2.62. The van der Waals surface area contributed by atoms with E-state index in [9.17, 15) is 9.59 Å². The van der Waals surface area contributed by atoms with E-state index in [1.54, 1.807) is 4.90 Å². The van der Waals surface area contributed by atoms with Crippen molar-refractivity contribution >= 4 is 11.8 Å². The van der Waals surface area contributed by atoms with Crippen LogP contribution >= 0.6 is 0 Å². The average Bonchev–Trinajstić information content (AvgIpc) is 3.25. The molecule has 0 spiro atoms. The highest BCUT2D eigenvalue weighted by Crippen LogP contribution is 2.20. The van der Waals surface area contributed by atoms with Gasteiger partial charge in [0.05, 0.1) is 0 Å². The van der Waals surface area contributed by atoms with Crippen LogP contribution in [0, 0.1) is 6.92 Å². The fourth-order valence-electron chi connectivity index (χ4n) is 4.01. The second-order valence-corrected chi connectivity index (χ2v) is 8.06. The van der Waals surface area contributed by atoms with Gasteiger partial charge in [-0.2, -0.15) is 0 Å². The molecule has 29 heavy (non-hydrogen) atoms. The molecule has 4 heteroatoms. The Kier molecular flexibility index (Phi) is 7.45. The minimum Gasteiger partial charge on any atom is -0.352 e. The zero-order valence-corrected chi connectivity index (χ0v) is 17.6. The van der Waals surface area contributed by atoms with Crippen molar-refractivity contribution in [2.75, 3.05) is 0 Å². The van der Waals surface area contributed by atoms with E-state index >= 15 is 0 Å². The van der Waals surface area contributed by atoms with Crippen molar-refractivity contribution in [1.82, 2.24) is 10.2 Å². The van der Waals surface area contributed by atoms with Crippen LogP contribution in [0.5, 0.6) is 0 Å². The van der Waals surface area contributed by atoms with Crippen LogP contribution in [-0.4, -0.2) is 28.8 Å². The first-order valence-corrected chi connectivity index (χ1v) is 10.8. The Balaban J connectivity index is 1.86. The highest BCUT2D eigenvalue weighted by molar-refractivity contribution is 5.88. The molecule has 3 rings (SSSR count). The molecule has 1 aliphatic rings. The van der Waals surface area contributed by atoms with Gasteiger partial charge >= 0.3 is 0 Å². The number of rotatable bonds is 8. The largest absolute Gasteiger partial charge is 0.352 e. The third-order valence-corrected chi connectivity index (χ3v) is 5.75. The summed E-state index contributed by atoms with van der Waals surface area (Å²) >= 11 is 0. The van der Waals surface area contributed by atoms with Gasteiger partial charge in [-0.3, -0.25) is 9.59 Å². The minimum absolute atomic E-state index is 0.00748. The number of benzene rings is 2. The molecular weight excluding hydrogens is 360 g/mol. The Morgan fingerprint density at radius 3 is 2.28 bits per heavy atom. The van der Waals surface area contributed by atoms with Gasteiger partial charge in [-0.05, 0) is 30.9 Å². The minimum atomic E-state index is -0.508. The standard InChI is InChI=1S/C25H32N2O2/c1-3-24(28)27(18-21-15-13-19(2)14-16-21)23(17-20-9-5-4-6-10-20)25(29)26-22-11-7-8-12-22/h4-6,9-10,13-16,22-23H,3,7-8,11-12,17-18H2,1-2H3,(H,26,29)/t23-/m1/s1. The summed E-state index contributed by atoms with van der Waals surface area (Å²) in [7, 11) is 0. The molecule has 1 N–H and O–H groups in total. The molecule has 2 aromatic carbocycles. The van der Waals surface area contributed by atoms with Crippen molar-refractivity contribution < 1.29 is 9.59 Å². The number of carbonyl (C=O) groups is 2. The molecular formula is C25H32N2O2. The quantitative estimate of drug-likeness (QED) is 0.724. The van der Waals surface area contributed by atoms with Gasteiger partial charge in [0.2, 0.25) is 11.8 Å². The highest BCUT2D eigenvalue weighted by Gasteiger charge is 2.31. The summed E-state index contributed by atoms with van der Waals surface area (Å²) in [6, 6.07) is 17.9. The van der Waals surface area contributed by atoms with Crippen LogP contribution < -0.4 is 5.32 Å². The Bertz CT molecular complexity index is 795. The molecule has 4 nitrogen and oxygen atoms in total. The van der Waals surface area contributed by atoms with Crippen LogP contribution in [0.15, 0.2) is 54.6 Å². The van der Waals surface area contributed by atoms with Gasteiger partial charge in [0.15, 0.2) is 0 Å². The van der Waals surface area contributed by atoms with Crippen LogP contribution in [0.25, 0.3) is 0 Å². The van der Waals surface area contributed by atoms with Crippen LogP contribution in [0.2, 0.25) is 0 Å². The van der Waals surface area contributed by atoms with Gasteiger partial charge in [0.1, 0.15) is 6.04 Å². The molecule has 0 heterocycles. The van der Waals surface area contributed by atoms with E-state index in [1.807, 2.05) is 56.3 Å². The van der Waals surface area contributed by atoms with Gasteiger partial charge in [-0.1, -0.05) is 79.9 Å². The van der Waals surface area contributed by atoms with E-state index in [2.05, 4.69) is 17.4 Å². The lowest BCUT2D eigenvalue weighted by Crippen LogP contribution is -2.52. The summed E-state index contributed by atoms with van der Waals surface area (Å²) in [5.41, 5.74) is 3.29. The lowest BCUT2D eigenvalue weighted by molar-refractivity contribution is -0.141. The van der Waals surface area contributed by atoms with Crippen molar-refractivity contribution in [3.8, 4) is 0 Å². The molecule has 1 fully saturated rings. The Morgan fingerprint density at radius 1 is 1.00 bits per heavy atom. The fourth-order valence-corrected chi connectivity index (χ4v) is 4.01. The van der Waals surface area contributed by atoms with Crippen molar-refractivity contribution in [2.24, 2.45) is 0 Å². The van der Waals surface area contributed by atoms with Crippen molar-refractivity contribution in [2.45, 2.75) is 71.0 Å². The molecule has 0 bridgehead atoms. The summed E-state index contributed by atoms with van der Waals surface area (Å²) in [5, 5.41) is 3.22. The first-order chi connectivity index (χ1) is 14.1. The molecule has 1 aliphatic carbocycles. The smallest absolute Gasteiger partial charge is 0.243 e. The van der Waals surface area contributed by atoms with E-state index in [0.717, 1.165) is 36.8 Å². The average molecular weight is 393 g/mol. The number of aryl methyl sites for hydroxylation is 1. The van der Waals surface area contributed by atoms with E-state index in [1.165, 1.54) is 5.56 Å². The molecule has 2 amide bonds. The van der Waals surface area contributed by atoms with E-state index in [4.69, 9.17) is 0 Å². The van der Waals surface area contributed by atoms with Crippen molar-refractivity contribution in [3.05, 3.63) is 71.3 Å². The van der Waals surface area contributed by atoms with Crippen LogP contribution in [0.1, 0.15) is 55.7 Å². The lowest BCUT2D eigenvalue weighted by Gasteiger charge is -2.32. The van der Waals surface area contributed by atoms with Gasteiger partial charge in [0.25, 0.3) is 0 Å². The third-order valence-electron chi connectivity index (χ3n) is 5.75. The highest BCUT2D eigenvalue weighted by atomic mass is 16.2. The summed E-state index contributed by atoms with van der Waals surface area (Å²) < 4.78 is 0. The van der Waals surface area contributed by atoms with E-state index in [-0.39, 0.29) is 17.9 Å². The maximum absolute atomic E-state index is 13.3. The summed E-state index contributed by atoms with van der Waals surface area (Å²) in [5.74, 6) is -0.0252. The molecule has 0 aromatic heterocycles. The van der Waals surface area contributed by atoms with Crippen molar-refractivity contribution in [1.29, 1.82) is 0 Å². The summed E-state index contributed by atoms with van der Waals surface area (Å²) in [6.45, 7) is 4.35. The SMILES string of the molecule is CCC(=O)N(Cc1ccc(C)cc1)[C@H](Cc1ccccc1)C(=O)NC1CCCC1. The monoisotopic (exact) mass is 392 g/mol. The first kappa shape index (κ1) is 21.1. The van der Waals surface area contributed by atoms with Crippen LogP contribution in [-0.2, 0) is 22.6 Å².